The van der Waals surface area contributed by atoms with Crippen molar-refractivity contribution in [3.05, 3.63) is 53.5 Å². The number of hydrogen-bond acceptors (Lipinski definition) is 8. The lowest BCUT2D eigenvalue weighted by atomic mass is 9.72. The number of pyridine rings is 2. The Morgan fingerprint density at radius 2 is 1.97 bits per heavy atom. The van der Waals surface area contributed by atoms with Gasteiger partial charge in [0.25, 0.3) is 0 Å². The summed E-state index contributed by atoms with van der Waals surface area (Å²) in [6.07, 6.45) is 8.84. The van der Waals surface area contributed by atoms with E-state index in [9.17, 15) is 14.4 Å². The van der Waals surface area contributed by atoms with Crippen molar-refractivity contribution < 1.29 is 19.1 Å². The fraction of sp³-hybridized carbons (Fsp3) is 0.519. The van der Waals surface area contributed by atoms with Crippen molar-refractivity contribution in [1.82, 2.24) is 14.9 Å². The van der Waals surface area contributed by atoms with E-state index in [1.807, 2.05) is 6.07 Å². The van der Waals surface area contributed by atoms with Crippen LogP contribution in [0.25, 0.3) is 0 Å². The van der Waals surface area contributed by atoms with Crippen molar-refractivity contribution in [3.63, 3.8) is 0 Å². The average molecular weight is 494 g/mol. The SMILES string of the molecule is CCOC(=O)[C@](C(N)=O)(C(=O)C(CCc1ccc2c(n1)NCCC2)N1CCCCC1)c1cccnc1. The molecule has 9 heteroatoms. The standard InChI is InChI=1S/C27H35N5O4/c1-2-36-26(35)27(25(28)34,20-9-7-14-29-18-20)23(33)22(32-16-4-3-5-17-32)13-12-21-11-10-19-8-6-15-30-24(19)31-21/h7,9-11,14,18,22H,2-6,8,12-13,15-17H2,1H3,(H2,28,34)(H,30,31)/t22?,27-/m0/s1. The van der Waals surface area contributed by atoms with E-state index in [4.69, 9.17) is 15.5 Å². The van der Waals surface area contributed by atoms with E-state index in [0.717, 1.165) is 50.2 Å². The number of Topliss-reactive ketones (excluding diaryl/α,β-unsaturated/α-hetero) is 1. The van der Waals surface area contributed by atoms with Crippen LogP contribution in [0.4, 0.5) is 5.82 Å². The van der Waals surface area contributed by atoms with Gasteiger partial charge in [0.15, 0.2) is 5.78 Å². The molecule has 1 unspecified atom stereocenters. The third kappa shape index (κ3) is 5.11. The highest BCUT2D eigenvalue weighted by Gasteiger charge is 2.57. The van der Waals surface area contributed by atoms with E-state index in [0.29, 0.717) is 25.9 Å². The van der Waals surface area contributed by atoms with Gasteiger partial charge in [-0.1, -0.05) is 18.6 Å². The Morgan fingerprint density at radius 3 is 2.67 bits per heavy atom. The summed E-state index contributed by atoms with van der Waals surface area (Å²) in [6.45, 7) is 3.96. The molecular formula is C27H35N5O4. The van der Waals surface area contributed by atoms with Crippen LogP contribution in [0.1, 0.15) is 55.8 Å². The summed E-state index contributed by atoms with van der Waals surface area (Å²) in [6, 6.07) is 6.50. The molecule has 1 amide bonds. The van der Waals surface area contributed by atoms with E-state index < -0.39 is 29.1 Å². The highest BCUT2D eigenvalue weighted by Crippen LogP contribution is 2.32. The van der Waals surface area contributed by atoms with Crippen molar-refractivity contribution in [2.45, 2.75) is 63.3 Å². The van der Waals surface area contributed by atoms with Crippen LogP contribution < -0.4 is 11.1 Å². The van der Waals surface area contributed by atoms with Crippen molar-refractivity contribution in [2.75, 3.05) is 31.6 Å². The van der Waals surface area contributed by atoms with Crippen LogP contribution in [0.5, 0.6) is 0 Å². The van der Waals surface area contributed by atoms with Crippen LogP contribution in [0.3, 0.4) is 0 Å². The number of ether oxygens (including phenoxy) is 1. The molecule has 0 aromatic carbocycles. The molecule has 0 spiro atoms. The quantitative estimate of drug-likeness (QED) is 0.381. The lowest BCUT2D eigenvalue weighted by Crippen LogP contribution is -2.61. The molecule has 2 atom stereocenters. The number of amides is 1. The Morgan fingerprint density at radius 1 is 1.17 bits per heavy atom. The summed E-state index contributed by atoms with van der Waals surface area (Å²) in [5.41, 5.74) is 5.79. The van der Waals surface area contributed by atoms with Crippen molar-refractivity contribution >= 4 is 23.5 Å². The molecule has 0 aliphatic carbocycles. The molecule has 0 bridgehead atoms. The molecule has 2 aliphatic rings. The highest BCUT2D eigenvalue weighted by molar-refractivity contribution is 6.28. The van der Waals surface area contributed by atoms with Gasteiger partial charge in [0.05, 0.1) is 12.6 Å². The van der Waals surface area contributed by atoms with Crippen LogP contribution in [0.2, 0.25) is 0 Å². The summed E-state index contributed by atoms with van der Waals surface area (Å²) < 4.78 is 5.28. The fourth-order valence-electron chi connectivity index (χ4n) is 5.30. The molecule has 4 heterocycles. The largest absolute Gasteiger partial charge is 0.465 e. The van der Waals surface area contributed by atoms with E-state index >= 15 is 0 Å². The topological polar surface area (TPSA) is 128 Å². The highest BCUT2D eigenvalue weighted by atomic mass is 16.5. The average Bonchev–Trinajstić information content (AvgIpc) is 2.90. The molecule has 4 rings (SSSR count). The zero-order chi connectivity index (χ0) is 25.5. The second-order valence-corrected chi connectivity index (χ2v) is 9.43. The maximum atomic E-state index is 14.4. The zero-order valence-electron chi connectivity index (χ0n) is 20.9. The van der Waals surface area contributed by atoms with Crippen molar-refractivity contribution in [1.29, 1.82) is 0 Å². The smallest absolute Gasteiger partial charge is 0.334 e. The molecule has 1 fully saturated rings. The molecule has 2 aromatic rings. The van der Waals surface area contributed by atoms with Gasteiger partial charge in [0.1, 0.15) is 5.82 Å². The second kappa shape index (κ2) is 11.6. The number of rotatable bonds is 10. The van der Waals surface area contributed by atoms with Gasteiger partial charge in [-0.25, -0.2) is 4.98 Å². The minimum atomic E-state index is -2.27. The number of nitrogens with zero attached hydrogens (tertiary/aromatic N) is 3. The Balaban J connectivity index is 1.70. The predicted molar refractivity (Wildman–Crippen MR) is 135 cm³/mol. The number of hydrogen-bond donors (Lipinski definition) is 2. The van der Waals surface area contributed by atoms with E-state index in [-0.39, 0.29) is 12.2 Å². The second-order valence-electron chi connectivity index (χ2n) is 9.43. The molecule has 1 saturated heterocycles. The van der Waals surface area contributed by atoms with Crippen LogP contribution in [0.15, 0.2) is 36.7 Å². The van der Waals surface area contributed by atoms with Crippen molar-refractivity contribution in [3.8, 4) is 0 Å². The molecule has 192 valence electrons. The number of piperidine rings is 1. The number of ketones is 1. The first-order valence-electron chi connectivity index (χ1n) is 12.9. The summed E-state index contributed by atoms with van der Waals surface area (Å²) >= 11 is 0. The molecular weight excluding hydrogens is 458 g/mol. The normalized spacial score (nSPS) is 18.2. The molecule has 2 aliphatic heterocycles. The number of nitrogens with two attached hydrogens (primary N) is 1. The Bertz CT molecular complexity index is 1090. The number of carbonyl (C=O) groups excluding carboxylic acids is 3. The number of esters is 1. The molecule has 0 saturated carbocycles. The predicted octanol–water partition coefficient (Wildman–Crippen LogP) is 2.18. The fourth-order valence-corrected chi connectivity index (χ4v) is 5.30. The van der Waals surface area contributed by atoms with E-state index in [1.165, 1.54) is 24.0 Å². The number of primary amides is 1. The van der Waals surface area contributed by atoms with E-state index in [1.54, 1.807) is 13.0 Å². The van der Waals surface area contributed by atoms with Crippen LogP contribution in [-0.2, 0) is 37.4 Å². The number of carbonyl (C=O) groups is 3. The minimum absolute atomic E-state index is 0.0157. The maximum Gasteiger partial charge on any atom is 0.334 e. The summed E-state index contributed by atoms with van der Waals surface area (Å²) in [5.74, 6) is -1.65. The third-order valence-electron chi connectivity index (χ3n) is 7.18. The van der Waals surface area contributed by atoms with Crippen LogP contribution >= 0.6 is 0 Å². The van der Waals surface area contributed by atoms with Crippen LogP contribution in [-0.4, -0.2) is 64.8 Å². The van der Waals surface area contributed by atoms with Gasteiger partial charge in [-0.15, -0.1) is 0 Å². The first-order chi connectivity index (χ1) is 17.5. The van der Waals surface area contributed by atoms with Crippen LogP contribution in [0, 0.1) is 0 Å². The number of likely N-dealkylation sites (tertiary alicyclic amines) is 1. The number of fused-ring (bicyclic) bond motifs is 1. The summed E-state index contributed by atoms with van der Waals surface area (Å²) in [4.78, 5) is 51.7. The lowest BCUT2D eigenvalue weighted by molar-refractivity contribution is -0.159. The molecule has 36 heavy (non-hydrogen) atoms. The van der Waals surface area contributed by atoms with Gasteiger partial charge in [0.2, 0.25) is 11.3 Å². The van der Waals surface area contributed by atoms with Gasteiger partial charge in [-0.05, 0) is 76.2 Å². The van der Waals surface area contributed by atoms with E-state index in [2.05, 4.69) is 21.3 Å². The summed E-state index contributed by atoms with van der Waals surface area (Å²) in [5, 5.41) is 3.35. The van der Waals surface area contributed by atoms with Gasteiger partial charge in [0, 0.05) is 30.2 Å². The molecule has 3 N–H and O–H groups in total. The van der Waals surface area contributed by atoms with Crippen molar-refractivity contribution in [2.24, 2.45) is 5.73 Å². The Labute approximate surface area is 211 Å². The monoisotopic (exact) mass is 493 g/mol. The maximum absolute atomic E-state index is 14.4. The lowest BCUT2D eigenvalue weighted by Gasteiger charge is -2.38. The van der Waals surface area contributed by atoms with Gasteiger partial charge >= 0.3 is 5.97 Å². The Kier molecular flexibility index (Phi) is 8.30. The minimum Gasteiger partial charge on any atom is -0.465 e. The van der Waals surface area contributed by atoms with Gasteiger partial charge in [-0.3, -0.25) is 24.3 Å². The van der Waals surface area contributed by atoms with Gasteiger partial charge < -0.3 is 15.8 Å². The number of nitrogens with one attached hydrogen (secondary N) is 1. The molecule has 9 nitrogen and oxygen atoms in total. The van der Waals surface area contributed by atoms with Gasteiger partial charge in [-0.2, -0.15) is 0 Å². The Hall–Kier alpha value is -3.33. The first kappa shape index (κ1) is 25.8. The summed E-state index contributed by atoms with van der Waals surface area (Å²) in [7, 11) is 0. The molecule has 0 radical (unpaired) electrons. The third-order valence-corrected chi connectivity index (χ3v) is 7.18. The first-order valence-corrected chi connectivity index (χ1v) is 12.9. The zero-order valence-corrected chi connectivity index (χ0v) is 20.9. The number of aromatic nitrogens is 2. The molecule has 2 aromatic heterocycles. The number of anilines is 1. The number of aryl methyl sites for hydroxylation is 2.